The number of nitrogens with one attached hydrogen (secondary N) is 1. The first-order chi connectivity index (χ1) is 8.15. The molecule has 0 aliphatic carbocycles. The highest BCUT2D eigenvalue weighted by molar-refractivity contribution is 14.1. The summed E-state index contributed by atoms with van der Waals surface area (Å²) in [5.74, 6) is -0.0589. The van der Waals surface area contributed by atoms with Crippen LogP contribution >= 0.6 is 33.9 Å². The predicted octanol–water partition coefficient (Wildman–Crippen LogP) is 2.99. The van der Waals surface area contributed by atoms with Crippen LogP contribution < -0.4 is 5.32 Å². The van der Waals surface area contributed by atoms with Crippen molar-refractivity contribution in [3.63, 3.8) is 0 Å². The van der Waals surface area contributed by atoms with Gasteiger partial charge in [-0.05, 0) is 47.7 Å². The van der Waals surface area contributed by atoms with Crippen LogP contribution in [-0.2, 0) is 6.54 Å². The second-order valence-electron chi connectivity index (χ2n) is 3.58. The number of benzene rings is 1. The second-order valence-corrected chi connectivity index (χ2v) is 5.76. The predicted molar refractivity (Wildman–Crippen MR) is 77.2 cm³/mol. The molecule has 1 aromatic carbocycles. The molecule has 3 nitrogen and oxygen atoms in total. The summed E-state index contributed by atoms with van der Waals surface area (Å²) < 4.78 is 1.06. The van der Waals surface area contributed by atoms with Gasteiger partial charge in [-0.15, -0.1) is 11.3 Å². The van der Waals surface area contributed by atoms with Crippen LogP contribution in [0.4, 0.5) is 0 Å². The summed E-state index contributed by atoms with van der Waals surface area (Å²) in [5, 5.41) is 5.77. The van der Waals surface area contributed by atoms with E-state index >= 15 is 0 Å². The average Bonchev–Trinajstić information content (AvgIpc) is 2.72. The summed E-state index contributed by atoms with van der Waals surface area (Å²) in [6, 6.07) is 7.51. The molecule has 1 amide bonds. The van der Waals surface area contributed by atoms with Crippen LogP contribution in [0.15, 0.2) is 29.6 Å². The van der Waals surface area contributed by atoms with Gasteiger partial charge in [0.25, 0.3) is 5.91 Å². The van der Waals surface area contributed by atoms with Gasteiger partial charge < -0.3 is 5.32 Å². The van der Waals surface area contributed by atoms with Crippen molar-refractivity contribution in [1.82, 2.24) is 10.3 Å². The SMILES string of the molecule is Cc1csc(CNC(=O)c2cccc(I)c2)n1. The highest BCUT2D eigenvalue weighted by Crippen LogP contribution is 2.10. The molecule has 1 heterocycles. The number of nitrogens with zero attached hydrogens (tertiary/aromatic N) is 1. The Morgan fingerprint density at radius 2 is 2.35 bits per heavy atom. The number of aromatic nitrogens is 1. The smallest absolute Gasteiger partial charge is 0.251 e. The van der Waals surface area contributed by atoms with Crippen LogP contribution in [0.2, 0.25) is 0 Å². The van der Waals surface area contributed by atoms with E-state index in [2.05, 4.69) is 32.9 Å². The zero-order valence-corrected chi connectivity index (χ0v) is 12.2. The Morgan fingerprint density at radius 1 is 1.53 bits per heavy atom. The minimum Gasteiger partial charge on any atom is -0.346 e. The second kappa shape index (κ2) is 5.59. The fourth-order valence-corrected chi connectivity index (χ4v) is 2.63. The summed E-state index contributed by atoms with van der Waals surface area (Å²) in [4.78, 5) is 16.1. The van der Waals surface area contributed by atoms with E-state index in [4.69, 9.17) is 0 Å². The molecule has 0 aliphatic rings. The first-order valence-corrected chi connectivity index (χ1v) is 7.06. The summed E-state index contributed by atoms with van der Waals surface area (Å²) >= 11 is 3.75. The lowest BCUT2D eigenvalue weighted by Crippen LogP contribution is -2.22. The number of hydrogen-bond donors (Lipinski definition) is 1. The lowest BCUT2D eigenvalue weighted by molar-refractivity contribution is 0.0951. The minimum absolute atomic E-state index is 0.0589. The molecule has 0 radical (unpaired) electrons. The Balaban J connectivity index is 1.98. The Bertz CT molecular complexity index is 539. The Kier molecular flexibility index (Phi) is 4.11. The van der Waals surface area contributed by atoms with Gasteiger partial charge in [-0.25, -0.2) is 4.98 Å². The third-order valence-electron chi connectivity index (χ3n) is 2.15. The topological polar surface area (TPSA) is 42.0 Å². The van der Waals surface area contributed by atoms with Crippen molar-refractivity contribution in [3.05, 3.63) is 49.5 Å². The molecule has 0 saturated carbocycles. The van der Waals surface area contributed by atoms with E-state index in [0.717, 1.165) is 14.3 Å². The molecule has 0 saturated heterocycles. The van der Waals surface area contributed by atoms with Crippen LogP contribution in [0.25, 0.3) is 0 Å². The van der Waals surface area contributed by atoms with E-state index in [1.807, 2.05) is 36.6 Å². The molecule has 0 aliphatic heterocycles. The number of hydrogen-bond acceptors (Lipinski definition) is 3. The number of thiazole rings is 1. The van der Waals surface area contributed by atoms with Crippen LogP contribution in [0.3, 0.4) is 0 Å². The van der Waals surface area contributed by atoms with Gasteiger partial charge in [0.1, 0.15) is 5.01 Å². The summed E-state index contributed by atoms with van der Waals surface area (Å²) in [7, 11) is 0. The van der Waals surface area contributed by atoms with Gasteiger partial charge in [-0.2, -0.15) is 0 Å². The van der Waals surface area contributed by atoms with Crippen molar-refractivity contribution in [2.24, 2.45) is 0 Å². The largest absolute Gasteiger partial charge is 0.346 e. The van der Waals surface area contributed by atoms with Crippen LogP contribution in [0.5, 0.6) is 0 Å². The number of carbonyl (C=O) groups is 1. The number of aryl methyl sites for hydroxylation is 1. The molecule has 0 unspecified atom stereocenters. The molecule has 2 rings (SSSR count). The van der Waals surface area contributed by atoms with Gasteiger partial charge >= 0.3 is 0 Å². The first-order valence-electron chi connectivity index (χ1n) is 5.10. The molecule has 0 atom stereocenters. The number of carbonyl (C=O) groups excluding carboxylic acids is 1. The number of amides is 1. The van der Waals surface area contributed by atoms with Gasteiger partial charge in [0.15, 0.2) is 0 Å². The van der Waals surface area contributed by atoms with E-state index in [1.165, 1.54) is 0 Å². The Labute approximate surface area is 117 Å². The highest BCUT2D eigenvalue weighted by Gasteiger charge is 2.06. The third kappa shape index (κ3) is 3.50. The summed E-state index contributed by atoms with van der Waals surface area (Å²) in [6.45, 7) is 2.43. The highest BCUT2D eigenvalue weighted by atomic mass is 127. The van der Waals surface area contributed by atoms with Crippen molar-refractivity contribution in [3.8, 4) is 0 Å². The van der Waals surface area contributed by atoms with E-state index in [-0.39, 0.29) is 5.91 Å². The zero-order chi connectivity index (χ0) is 12.3. The molecule has 1 N–H and O–H groups in total. The Hall–Kier alpha value is -0.950. The normalized spacial score (nSPS) is 10.2. The number of rotatable bonds is 3. The molecule has 5 heteroatoms. The number of halogens is 1. The standard InChI is InChI=1S/C12H11IN2OS/c1-8-7-17-11(15-8)6-14-12(16)9-3-2-4-10(13)5-9/h2-5,7H,6H2,1H3,(H,14,16). The molecule has 1 aromatic heterocycles. The maximum atomic E-state index is 11.8. The van der Waals surface area contributed by atoms with E-state index in [9.17, 15) is 4.79 Å². The van der Waals surface area contributed by atoms with Crippen molar-refractivity contribution in [2.75, 3.05) is 0 Å². The van der Waals surface area contributed by atoms with Gasteiger partial charge in [0.2, 0.25) is 0 Å². The molecule has 0 bridgehead atoms. The van der Waals surface area contributed by atoms with Gasteiger partial charge in [-0.3, -0.25) is 4.79 Å². The fourth-order valence-electron chi connectivity index (χ4n) is 1.37. The van der Waals surface area contributed by atoms with Gasteiger partial charge in [0.05, 0.1) is 6.54 Å². The molecule has 2 aromatic rings. The fraction of sp³-hybridized carbons (Fsp3) is 0.167. The molecule has 0 fully saturated rings. The third-order valence-corrected chi connectivity index (χ3v) is 3.79. The van der Waals surface area contributed by atoms with E-state index < -0.39 is 0 Å². The van der Waals surface area contributed by atoms with Crippen molar-refractivity contribution >= 4 is 39.8 Å². The molecule has 0 spiro atoms. The van der Waals surface area contributed by atoms with Crippen LogP contribution in [0, 0.1) is 10.5 Å². The lowest BCUT2D eigenvalue weighted by atomic mass is 10.2. The van der Waals surface area contributed by atoms with E-state index in [0.29, 0.717) is 12.1 Å². The summed E-state index contributed by atoms with van der Waals surface area (Å²) in [5.41, 5.74) is 1.68. The maximum Gasteiger partial charge on any atom is 0.251 e. The van der Waals surface area contributed by atoms with Crippen molar-refractivity contribution < 1.29 is 4.79 Å². The molecular formula is C12H11IN2OS. The molecular weight excluding hydrogens is 347 g/mol. The van der Waals surface area contributed by atoms with Crippen LogP contribution in [0.1, 0.15) is 21.1 Å². The quantitative estimate of drug-likeness (QED) is 0.858. The van der Waals surface area contributed by atoms with Crippen molar-refractivity contribution in [1.29, 1.82) is 0 Å². The maximum absolute atomic E-state index is 11.8. The molecule has 88 valence electrons. The van der Waals surface area contributed by atoms with Gasteiger partial charge in [0, 0.05) is 20.2 Å². The first kappa shape index (κ1) is 12.5. The van der Waals surface area contributed by atoms with Crippen LogP contribution in [-0.4, -0.2) is 10.9 Å². The zero-order valence-electron chi connectivity index (χ0n) is 9.24. The van der Waals surface area contributed by atoms with Crippen molar-refractivity contribution in [2.45, 2.75) is 13.5 Å². The molecule has 17 heavy (non-hydrogen) atoms. The monoisotopic (exact) mass is 358 g/mol. The summed E-state index contributed by atoms with van der Waals surface area (Å²) in [6.07, 6.45) is 0. The van der Waals surface area contributed by atoms with Gasteiger partial charge in [-0.1, -0.05) is 6.07 Å². The average molecular weight is 358 g/mol. The lowest BCUT2D eigenvalue weighted by Gasteiger charge is -2.03. The minimum atomic E-state index is -0.0589. The van der Waals surface area contributed by atoms with E-state index in [1.54, 1.807) is 11.3 Å². The Morgan fingerprint density at radius 3 is 3.00 bits per heavy atom.